The molecule has 2 aromatic rings. The summed E-state index contributed by atoms with van der Waals surface area (Å²) in [5.74, 6) is 2.06. The summed E-state index contributed by atoms with van der Waals surface area (Å²) in [6.45, 7) is 0.421. The highest BCUT2D eigenvalue weighted by atomic mass is 19.4. The topological polar surface area (TPSA) is 63.1 Å². The standard InChI is InChI=1S/C19H18F3N5/c20-19(21,22)14-7-13(25-9-26-14)17-15-12(8-24-17)5-6-23-18(15)27-16(10-1-2-10)11-3-4-11/h5-7,9-11,16H,1-4,8H2,(H,23,27). The molecule has 0 radical (unpaired) electrons. The third kappa shape index (κ3) is 3.17. The number of pyridine rings is 1. The molecule has 0 bridgehead atoms. The number of hydrogen-bond acceptors (Lipinski definition) is 5. The number of aliphatic imine (C=N–C) groups is 1. The fraction of sp³-hybridized carbons (Fsp3) is 0.474. The van der Waals surface area contributed by atoms with Gasteiger partial charge in [-0.3, -0.25) is 4.99 Å². The van der Waals surface area contributed by atoms with Crippen molar-refractivity contribution in [2.24, 2.45) is 16.8 Å². The fourth-order valence-corrected chi connectivity index (χ4v) is 3.79. The van der Waals surface area contributed by atoms with Crippen molar-refractivity contribution in [3.63, 3.8) is 0 Å². The van der Waals surface area contributed by atoms with E-state index >= 15 is 0 Å². The van der Waals surface area contributed by atoms with Crippen LogP contribution in [0.5, 0.6) is 0 Å². The molecule has 0 spiro atoms. The molecule has 0 atom stereocenters. The Balaban J connectivity index is 1.51. The van der Waals surface area contributed by atoms with Gasteiger partial charge in [0.25, 0.3) is 0 Å². The third-order valence-corrected chi connectivity index (χ3v) is 5.44. The van der Waals surface area contributed by atoms with Crippen LogP contribution in [0.1, 0.15) is 48.2 Å². The molecule has 0 amide bonds. The summed E-state index contributed by atoms with van der Waals surface area (Å²) >= 11 is 0. The Morgan fingerprint density at radius 1 is 1.04 bits per heavy atom. The summed E-state index contributed by atoms with van der Waals surface area (Å²) < 4.78 is 39.1. The second-order valence-corrected chi connectivity index (χ2v) is 7.49. The Morgan fingerprint density at radius 3 is 2.44 bits per heavy atom. The summed E-state index contributed by atoms with van der Waals surface area (Å²) in [4.78, 5) is 16.4. The minimum atomic E-state index is -4.52. The first-order valence-corrected chi connectivity index (χ1v) is 9.19. The van der Waals surface area contributed by atoms with Crippen LogP contribution in [0, 0.1) is 11.8 Å². The quantitative estimate of drug-likeness (QED) is 0.865. The molecule has 8 heteroatoms. The zero-order valence-corrected chi connectivity index (χ0v) is 14.5. The Bertz CT molecular complexity index is 904. The molecule has 2 aliphatic carbocycles. The number of nitrogens with one attached hydrogen (secondary N) is 1. The number of anilines is 1. The summed E-state index contributed by atoms with van der Waals surface area (Å²) in [6, 6.07) is 3.22. The lowest BCUT2D eigenvalue weighted by Crippen LogP contribution is -2.26. The maximum absolute atomic E-state index is 13.0. The van der Waals surface area contributed by atoms with Crippen LogP contribution in [0.3, 0.4) is 0 Å². The van der Waals surface area contributed by atoms with E-state index in [0.29, 0.717) is 36.0 Å². The van der Waals surface area contributed by atoms with E-state index in [4.69, 9.17) is 0 Å². The number of halogens is 3. The van der Waals surface area contributed by atoms with E-state index in [1.54, 1.807) is 6.20 Å². The molecule has 0 unspecified atom stereocenters. The lowest BCUT2D eigenvalue weighted by molar-refractivity contribution is -0.141. The highest BCUT2D eigenvalue weighted by Crippen LogP contribution is 2.46. The van der Waals surface area contributed by atoms with E-state index in [-0.39, 0.29) is 5.69 Å². The number of alkyl halides is 3. The van der Waals surface area contributed by atoms with Crippen molar-refractivity contribution in [3.05, 3.63) is 47.2 Å². The van der Waals surface area contributed by atoms with Crippen LogP contribution in [-0.2, 0) is 12.7 Å². The van der Waals surface area contributed by atoms with E-state index in [2.05, 4.69) is 25.3 Å². The molecule has 0 saturated heterocycles. The fourth-order valence-electron chi connectivity index (χ4n) is 3.79. The average molecular weight is 373 g/mol. The van der Waals surface area contributed by atoms with Crippen LogP contribution in [0.15, 0.2) is 29.6 Å². The maximum atomic E-state index is 13.0. The van der Waals surface area contributed by atoms with Gasteiger partial charge in [-0.15, -0.1) is 0 Å². The second kappa shape index (κ2) is 6.00. The third-order valence-electron chi connectivity index (χ3n) is 5.44. The van der Waals surface area contributed by atoms with Crippen LogP contribution in [0.4, 0.5) is 19.0 Å². The SMILES string of the molecule is FC(F)(F)c1cc(C2=NCc3ccnc(NC(C4CC4)C4CC4)c32)ncn1. The lowest BCUT2D eigenvalue weighted by Gasteiger charge is -2.20. The first kappa shape index (κ1) is 16.6. The van der Waals surface area contributed by atoms with E-state index < -0.39 is 11.9 Å². The van der Waals surface area contributed by atoms with Crippen molar-refractivity contribution in [2.75, 3.05) is 5.32 Å². The molecule has 27 heavy (non-hydrogen) atoms. The molecule has 0 aromatic carbocycles. The van der Waals surface area contributed by atoms with Crippen LogP contribution in [0.2, 0.25) is 0 Å². The van der Waals surface area contributed by atoms with Crippen LogP contribution < -0.4 is 5.32 Å². The molecule has 3 heterocycles. The van der Waals surface area contributed by atoms with Gasteiger partial charge in [0.2, 0.25) is 0 Å². The summed E-state index contributed by atoms with van der Waals surface area (Å²) in [6.07, 6.45) is 3.07. The van der Waals surface area contributed by atoms with Crippen molar-refractivity contribution in [1.82, 2.24) is 15.0 Å². The number of aromatic nitrogens is 3. The van der Waals surface area contributed by atoms with Gasteiger partial charge in [0, 0.05) is 17.8 Å². The van der Waals surface area contributed by atoms with Crippen molar-refractivity contribution in [1.29, 1.82) is 0 Å². The van der Waals surface area contributed by atoms with Crippen molar-refractivity contribution >= 4 is 11.5 Å². The van der Waals surface area contributed by atoms with Crippen LogP contribution >= 0.6 is 0 Å². The van der Waals surface area contributed by atoms with Crippen molar-refractivity contribution in [3.8, 4) is 0 Å². The number of fused-ring (bicyclic) bond motifs is 1. The molecule has 1 N–H and O–H groups in total. The molecule has 2 saturated carbocycles. The Kier molecular flexibility index (Phi) is 3.70. The Morgan fingerprint density at radius 2 is 1.78 bits per heavy atom. The largest absolute Gasteiger partial charge is 0.433 e. The molecule has 2 fully saturated rings. The van der Waals surface area contributed by atoms with Crippen molar-refractivity contribution in [2.45, 2.75) is 44.4 Å². The van der Waals surface area contributed by atoms with E-state index in [0.717, 1.165) is 23.5 Å². The summed E-state index contributed by atoms with van der Waals surface area (Å²) in [5, 5.41) is 3.59. The van der Waals surface area contributed by atoms with Gasteiger partial charge in [0.15, 0.2) is 0 Å². The van der Waals surface area contributed by atoms with Crippen LogP contribution in [-0.4, -0.2) is 26.7 Å². The van der Waals surface area contributed by atoms with Crippen molar-refractivity contribution < 1.29 is 13.2 Å². The highest BCUT2D eigenvalue weighted by molar-refractivity contribution is 6.16. The molecular formula is C19H18F3N5. The lowest BCUT2D eigenvalue weighted by atomic mass is 10.0. The Labute approximate surface area is 154 Å². The second-order valence-electron chi connectivity index (χ2n) is 7.49. The number of hydrogen-bond donors (Lipinski definition) is 1. The first-order chi connectivity index (χ1) is 13.0. The summed E-state index contributed by atoms with van der Waals surface area (Å²) in [7, 11) is 0. The van der Waals surface area contributed by atoms with E-state index in [1.165, 1.54) is 25.7 Å². The highest BCUT2D eigenvalue weighted by Gasteiger charge is 2.42. The van der Waals surface area contributed by atoms with Gasteiger partial charge in [0.05, 0.1) is 18.0 Å². The monoisotopic (exact) mass is 373 g/mol. The molecule has 5 nitrogen and oxygen atoms in total. The maximum Gasteiger partial charge on any atom is 0.433 e. The van der Waals surface area contributed by atoms with E-state index in [1.807, 2.05) is 6.07 Å². The molecule has 2 aromatic heterocycles. The minimum absolute atomic E-state index is 0.182. The van der Waals surface area contributed by atoms with Gasteiger partial charge < -0.3 is 5.32 Å². The zero-order chi connectivity index (χ0) is 18.6. The number of rotatable bonds is 5. The molecule has 1 aliphatic heterocycles. The van der Waals surface area contributed by atoms with E-state index in [9.17, 15) is 13.2 Å². The number of nitrogens with zero attached hydrogens (tertiary/aromatic N) is 4. The van der Waals surface area contributed by atoms with Gasteiger partial charge >= 0.3 is 6.18 Å². The zero-order valence-electron chi connectivity index (χ0n) is 14.5. The van der Waals surface area contributed by atoms with Gasteiger partial charge in [-0.1, -0.05) is 0 Å². The molecule has 3 aliphatic rings. The normalized spacial score (nSPS) is 19.2. The smallest absolute Gasteiger partial charge is 0.366 e. The summed E-state index contributed by atoms with van der Waals surface area (Å²) in [5.41, 5.74) is 1.41. The molecule has 140 valence electrons. The van der Waals surface area contributed by atoms with Crippen LogP contribution in [0.25, 0.3) is 0 Å². The predicted molar refractivity (Wildman–Crippen MR) is 93.5 cm³/mol. The van der Waals surface area contributed by atoms with Gasteiger partial charge in [0.1, 0.15) is 17.8 Å². The molecular weight excluding hydrogens is 355 g/mol. The Hall–Kier alpha value is -2.51. The average Bonchev–Trinajstić information content (AvgIpc) is 3.57. The van der Waals surface area contributed by atoms with Gasteiger partial charge in [-0.2, -0.15) is 13.2 Å². The predicted octanol–water partition coefficient (Wildman–Crippen LogP) is 3.84. The van der Waals surface area contributed by atoms with Gasteiger partial charge in [-0.05, 0) is 55.2 Å². The molecule has 5 rings (SSSR count). The first-order valence-electron chi connectivity index (χ1n) is 9.19. The minimum Gasteiger partial charge on any atom is -0.366 e. The van der Waals surface area contributed by atoms with Gasteiger partial charge in [-0.25, -0.2) is 15.0 Å².